The first-order chi connectivity index (χ1) is 11.1. The van der Waals surface area contributed by atoms with Crippen LogP contribution in [0.4, 0.5) is 5.82 Å². The maximum absolute atomic E-state index is 9.48. The summed E-state index contributed by atoms with van der Waals surface area (Å²) in [7, 11) is 0. The smallest absolute Gasteiger partial charge is 0.141 e. The average molecular weight is 348 g/mol. The number of thiophene rings is 1. The number of aryl methyl sites for hydroxylation is 2. The van der Waals surface area contributed by atoms with E-state index >= 15 is 0 Å². The lowest BCUT2D eigenvalue weighted by Crippen LogP contribution is -2.27. The number of aliphatic hydroxyl groups is 1. The van der Waals surface area contributed by atoms with E-state index in [1.54, 1.807) is 11.3 Å². The largest absolute Gasteiger partial charge is 0.395 e. The molecular weight excluding hydrogens is 330 g/mol. The zero-order chi connectivity index (χ0) is 16.4. The van der Waals surface area contributed by atoms with Crippen LogP contribution < -0.4 is 4.90 Å². The number of benzene rings is 1. The third kappa shape index (κ3) is 3.47. The molecule has 0 saturated heterocycles. The summed E-state index contributed by atoms with van der Waals surface area (Å²) in [5.41, 5.74) is 2.25. The Labute approximate surface area is 144 Å². The van der Waals surface area contributed by atoms with Gasteiger partial charge in [0.1, 0.15) is 16.5 Å². The van der Waals surface area contributed by atoms with Crippen LogP contribution in [-0.4, -0.2) is 28.2 Å². The number of aromatic nitrogens is 2. The van der Waals surface area contributed by atoms with Crippen molar-refractivity contribution in [2.75, 3.05) is 18.1 Å². The predicted molar refractivity (Wildman–Crippen MR) is 96.5 cm³/mol. The van der Waals surface area contributed by atoms with Crippen LogP contribution in [0.15, 0.2) is 29.6 Å². The van der Waals surface area contributed by atoms with Crippen LogP contribution in [0.2, 0.25) is 5.02 Å². The highest BCUT2D eigenvalue weighted by Gasteiger charge is 2.17. The molecule has 0 spiro atoms. The van der Waals surface area contributed by atoms with Crippen molar-refractivity contribution in [1.29, 1.82) is 0 Å². The summed E-state index contributed by atoms with van der Waals surface area (Å²) in [5, 5.41) is 13.4. The summed E-state index contributed by atoms with van der Waals surface area (Å²) in [4.78, 5) is 12.2. The number of hydrogen-bond donors (Lipinski definition) is 1. The van der Waals surface area contributed by atoms with E-state index in [0.717, 1.165) is 33.0 Å². The van der Waals surface area contributed by atoms with Crippen molar-refractivity contribution in [3.05, 3.63) is 51.6 Å². The number of hydrogen-bond acceptors (Lipinski definition) is 5. The number of aliphatic hydroxyl groups excluding tert-OH is 1. The Balaban J connectivity index is 2.06. The monoisotopic (exact) mass is 347 g/mol. The summed E-state index contributed by atoms with van der Waals surface area (Å²) >= 11 is 7.71. The van der Waals surface area contributed by atoms with Gasteiger partial charge in [-0.3, -0.25) is 0 Å². The molecule has 0 saturated carbocycles. The minimum atomic E-state index is 0.0638. The summed E-state index contributed by atoms with van der Waals surface area (Å²) in [6.07, 6.45) is 0. The fraction of sp³-hybridized carbons (Fsp3) is 0.294. The molecule has 0 aliphatic rings. The van der Waals surface area contributed by atoms with Gasteiger partial charge in [0.2, 0.25) is 0 Å². The lowest BCUT2D eigenvalue weighted by atomic mass is 10.2. The molecule has 120 valence electrons. The molecule has 3 rings (SSSR count). The number of fused-ring (bicyclic) bond motifs is 1. The standard InChI is InChI=1S/C17H18ClN3OS/c1-11-10-23-17-15(11)16(19-12(2)20-17)21(6-7-22)9-13-4-3-5-14(18)8-13/h3-5,8,10,22H,6-7,9H2,1-2H3. The molecule has 1 aromatic carbocycles. The van der Waals surface area contributed by atoms with Gasteiger partial charge < -0.3 is 10.0 Å². The molecule has 0 bridgehead atoms. The molecule has 0 amide bonds. The molecule has 2 heterocycles. The van der Waals surface area contributed by atoms with E-state index in [9.17, 15) is 5.11 Å². The number of anilines is 1. The van der Waals surface area contributed by atoms with Crippen molar-refractivity contribution in [2.45, 2.75) is 20.4 Å². The fourth-order valence-electron chi connectivity index (χ4n) is 2.63. The van der Waals surface area contributed by atoms with Gasteiger partial charge in [0.05, 0.1) is 12.0 Å². The van der Waals surface area contributed by atoms with E-state index in [0.29, 0.717) is 18.1 Å². The van der Waals surface area contributed by atoms with Crippen molar-refractivity contribution in [3.63, 3.8) is 0 Å². The van der Waals surface area contributed by atoms with E-state index < -0.39 is 0 Å². The lowest BCUT2D eigenvalue weighted by Gasteiger charge is -2.24. The number of nitrogens with zero attached hydrogens (tertiary/aromatic N) is 3. The molecule has 3 aromatic rings. The predicted octanol–water partition coefficient (Wildman–Crippen LogP) is 3.96. The maximum atomic E-state index is 9.48. The van der Waals surface area contributed by atoms with Gasteiger partial charge in [-0.15, -0.1) is 11.3 Å². The topological polar surface area (TPSA) is 49.2 Å². The van der Waals surface area contributed by atoms with E-state index in [1.165, 1.54) is 0 Å². The highest BCUT2D eigenvalue weighted by Crippen LogP contribution is 2.32. The molecule has 0 unspecified atom stereocenters. The Morgan fingerprint density at radius 1 is 1.26 bits per heavy atom. The highest BCUT2D eigenvalue weighted by atomic mass is 35.5. The van der Waals surface area contributed by atoms with Crippen LogP contribution in [0.25, 0.3) is 10.2 Å². The van der Waals surface area contributed by atoms with Gasteiger partial charge in [-0.2, -0.15) is 0 Å². The van der Waals surface area contributed by atoms with Gasteiger partial charge in [-0.25, -0.2) is 9.97 Å². The normalized spacial score (nSPS) is 11.1. The van der Waals surface area contributed by atoms with Crippen LogP contribution in [0.3, 0.4) is 0 Å². The van der Waals surface area contributed by atoms with Crippen molar-refractivity contribution < 1.29 is 5.11 Å². The Morgan fingerprint density at radius 3 is 2.83 bits per heavy atom. The molecule has 1 N–H and O–H groups in total. The molecule has 6 heteroatoms. The number of rotatable bonds is 5. The van der Waals surface area contributed by atoms with Crippen LogP contribution >= 0.6 is 22.9 Å². The maximum Gasteiger partial charge on any atom is 0.141 e. The van der Waals surface area contributed by atoms with E-state index in [4.69, 9.17) is 11.6 Å². The molecule has 0 fully saturated rings. The fourth-order valence-corrected chi connectivity index (χ4v) is 3.81. The second-order valence-electron chi connectivity index (χ2n) is 5.47. The molecule has 2 aromatic heterocycles. The Hall–Kier alpha value is -1.69. The second kappa shape index (κ2) is 6.83. The van der Waals surface area contributed by atoms with E-state index in [1.807, 2.05) is 31.2 Å². The third-order valence-corrected chi connectivity index (χ3v) is 4.87. The number of halogens is 1. The molecule has 0 aliphatic carbocycles. The first-order valence-corrected chi connectivity index (χ1v) is 8.67. The lowest BCUT2D eigenvalue weighted by molar-refractivity contribution is 0.301. The first-order valence-electron chi connectivity index (χ1n) is 7.41. The van der Waals surface area contributed by atoms with Gasteiger partial charge in [-0.05, 0) is 42.5 Å². The van der Waals surface area contributed by atoms with Gasteiger partial charge in [0.25, 0.3) is 0 Å². The minimum absolute atomic E-state index is 0.0638. The van der Waals surface area contributed by atoms with E-state index in [-0.39, 0.29) is 6.61 Å². The Bertz CT molecular complexity index is 834. The molecular formula is C17H18ClN3OS. The summed E-state index contributed by atoms with van der Waals surface area (Å²) in [6, 6.07) is 7.77. The first kappa shape index (κ1) is 16.2. The molecule has 0 radical (unpaired) electrons. The van der Waals surface area contributed by atoms with Gasteiger partial charge >= 0.3 is 0 Å². The molecule has 0 aliphatic heterocycles. The zero-order valence-corrected chi connectivity index (χ0v) is 14.7. The van der Waals surface area contributed by atoms with Gasteiger partial charge in [0, 0.05) is 18.1 Å². The van der Waals surface area contributed by atoms with E-state index in [2.05, 4.69) is 27.2 Å². The molecule has 23 heavy (non-hydrogen) atoms. The zero-order valence-electron chi connectivity index (χ0n) is 13.1. The van der Waals surface area contributed by atoms with Crippen LogP contribution in [0.1, 0.15) is 17.0 Å². The quantitative estimate of drug-likeness (QED) is 0.759. The van der Waals surface area contributed by atoms with Crippen molar-refractivity contribution in [3.8, 4) is 0 Å². The van der Waals surface area contributed by atoms with Crippen LogP contribution in [-0.2, 0) is 6.54 Å². The van der Waals surface area contributed by atoms with Crippen LogP contribution in [0, 0.1) is 13.8 Å². The second-order valence-corrected chi connectivity index (χ2v) is 6.76. The van der Waals surface area contributed by atoms with Crippen LogP contribution in [0.5, 0.6) is 0 Å². The summed E-state index contributed by atoms with van der Waals surface area (Å²) < 4.78 is 0. The van der Waals surface area contributed by atoms with Crippen molar-refractivity contribution in [1.82, 2.24) is 9.97 Å². The summed E-state index contributed by atoms with van der Waals surface area (Å²) in [5.74, 6) is 1.61. The third-order valence-electron chi connectivity index (χ3n) is 3.64. The van der Waals surface area contributed by atoms with Gasteiger partial charge in [-0.1, -0.05) is 23.7 Å². The Morgan fingerprint density at radius 2 is 2.09 bits per heavy atom. The molecule has 0 atom stereocenters. The minimum Gasteiger partial charge on any atom is -0.395 e. The van der Waals surface area contributed by atoms with Gasteiger partial charge in [0.15, 0.2) is 0 Å². The average Bonchev–Trinajstić information content (AvgIpc) is 2.87. The highest BCUT2D eigenvalue weighted by molar-refractivity contribution is 7.17. The van der Waals surface area contributed by atoms with Crippen molar-refractivity contribution in [2.24, 2.45) is 0 Å². The SMILES string of the molecule is Cc1nc(N(CCO)Cc2cccc(Cl)c2)c2c(C)csc2n1. The van der Waals surface area contributed by atoms with Crippen molar-refractivity contribution >= 4 is 39.0 Å². The summed E-state index contributed by atoms with van der Waals surface area (Å²) in [6.45, 7) is 5.18. The Kier molecular flexibility index (Phi) is 4.80. The molecule has 4 nitrogen and oxygen atoms in total.